The Kier molecular flexibility index (Phi) is 7.48. The van der Waals surface area contributed by atoms with Gasteiger partial charge in [0.2, 0.25) is 22.1 Å². The minimum atomic E-state index is -0.0996. The smallest absolute Gasteiger partial charge is 0.240 e. The molecule has 1 aromatic carbocycles. The van der Waals surface area contributed by atoms with Gasteiger partial charge < -0.3 is 0 Å². The Balaban J connectivity index is 2.13. The van der Waals surface area contributed by atoms with E-state index in [1.165, 1.54) is 36.5 Å². The number of halogens is 1. The van der Waals surface area contributed by atoms with Gasteiger partial charge in [-0.05, 0) is 6.07 Å². The van der Waals surface area contributed by atoms with Crippen molar-refractivity contribution in [3.05, 3.63) is 11.1 Å². The zero-order valence-electron chi connectivity index (χ0n) is 18.6. The number of hydrogen-bond acceptors (Lipinski definition) is 8. The average Bonchev–Trinajstić information content (AvgIpc) is 3.33. The first kappa shape index (κ1) is 23.8. The van der Waals surface area contributed by atoms with Crippen molar-refractivity contribution in [3.63, 3.8) is 0 Å². The van der Waals surface area contributed by atoms with Gasteiger partial charge >= 0.3 is 0 Å². The number of thiazole rings is 2. The van der Waals surface area contributed by atoms with Crippen LogP contribution in [0.3, 0.4) is 0 Å². The van der Waals surface area contributed by atoms with Crippen molar-refractivity contribution in [1.29, 1.82) is 0 Å². The van der Waals surface area contributed by atoms with Crippen molar-refractivity contribution in [3.8, 4) is 0 Å². The second-order valence-corrected chi connectivity index (χ2v) is 9.21. The van der Waals surface area contributed by atoms with Gasteiger partial charge in [-0.1, -0.05) is 62.0 Å². The summed E-state index contributed by atoms with van der Waals surface area (Å²) in [5, 5.41) is 8.67. The Bertz CT molecular complexity index is 1020. The Morgan fingerprint density at radius 3 is 1.45 bits per heavy atom. The van der Waals surface area contributed by atoms with Gasteiger partial charge in [-0.3, -0.25) is 9.59 Å². The highest BCUT2D eigenvalue weighted by Crippen LogP contribution is 2.41. The molecule has 0 fully saturated rings. The summed E-state index contributed by atoms with van der Waals surface area (Å²) in [6, 6.07) is 1.99. The maximum atomic E-state index is 12.3. The second kappa shape index (κ2) is 9.74. The van der Waals surface area contributed by atoms with Crippen LogP contribution >= 0.6 is 34.3 Å². The van der Waals surface area contributed by atoms with Crippen LogP contribution in [0.15, 0.2) is 6.07 Å². The van der Waals surface area contributed by atoms with Gasteiger partial charge in [0.25, 0.3) is 0 Å². The molecule has 0 N–H and O–H groups in total. The summed E-state index contributed by atoms with van der Waals surface area (Å²) in [6.45, 7) is 13.8. The van der Waals surface area contributed by atoms with Gasteiger partial charge in [0, 0.05) is 40.0 Å². The molecule has 0 spiro atoms. The van der Waals surface area contributed by atoms with Crippen LogP contribution in [0.5, 0.6) is 0 Å². The van der Waals surface area contributed by atoms with Gasteiger partial charge in [-0.25, -0.2) is 30.0 Å². The Morgan fingerprint density at radius 2 is 1.16 bits per heavy atom. The standard InChI is InChI=1S/C20H27ClN6O2S2/c1-7-24(8-2)26(12(5)28)19-22-17-14(30-19)11-15-18(16(17)21)23-20(31-15)27(13(6)29)25(9-3)10-4/h11H,7-10H2,1-6H3. The van der Waals surface area contributed by atoms with Crippen LogP contribution < -0.4 is 10.0 Å². The third-order valence-corrected chi connectivity index (χ3v) is 7.26. The highest BCUT2D eigenvalue weighted by Gasteiger charge is 2.26. The molecule has 8 nitrogen and oxygen atoms in total. The Labute approximate surface area is 194 Å². The first-order valence-electron chi connectivity index (χ1n) is 10.3. The van der Waals surface area contributed by atoms with E-state index in [1.54, 1.807) is 10.0 Å². The van der Waals surface area contributed by atoms with Crippen molar-refractivity contribution in [2.75, 3.05) is 36.2 Å². The molecule has 31 heavy (non-hydrogen) atoms. The van der Waals surface area contributed by atoms with Gasteiger partial charge in [0.05, 0.1) is 14.4 Å². The fourth-order valence-corrected chi connectivity index (χ4v) is 6.13. The van der Waals surface area contributed by atoms with Gasteiger partial charge in [-0.2, -0.15) is 0 Å². The van der Waals surface area contributed by atoms with E-state index >= 15 is 0 Å². The van der Waals surface area contributed by atoms with E-state index in [2.05, 4.69) is 9.97 Å². The molecule has 2 aromatic heterocycles. The lowest BCUT2D eigenvalue weighted by molar-refractivity contribution is -0.120. The first-order valence-corrected chi connectivity index (χ1v) is 12.3. The minimum Gasteiger partial charge on any atom is -0.273 e. The third-order valence-electron chi connectivity index (χ3n) is 4.95. The van der Waals surface area contributed by atoms with Gasteiger partial charge in [0.15, 0.2) is 0 Å². The number of anilines is 2. The lowest BCUT2D eigenvalue weighted by Gasteiger charge is -2.30. The monoisotopic (exact) mass is 482 g/mol. The minimum absolute atomic E-state index is 0.0996. The maximum Gasteiger partial charge on any atom is 0.240 e. The summed E-state index contributed by atoms with van der Waals surface area (Å²) in [4.78, 5) is 34.0. The van der Waals surface area contributed by atoms with E-state index < -0.39 is 0 Å². The first-order chi connectivity index (χ1) is 14.8. The number of amides is 2. The number of nitrogens with zero attached hydrogens (tertiary/aromatic N) is 6. The molecule has 2 heterocycles. The molecule has 0 aliphatic rings. The molecule has 0 bridgehead atoms. The molecule has 3 rings (SSSR count). The molecular formula is C20H27ClN6O2S2. The number of hydrogen-bond donors (Lipinski definition) is 0. The molecule has 0 saturated carbocycles. The largest absolute Gasteiger partial charge is 0.273 e. The summed E-state index contributed by atoms with van der Waals surface area (Å²) >= 11 is 9.55. The Morgan fingerprint density at radius 1 is 0.806 bits per heavy atom. The van der Waals surface area contributed by atoms with Gasteiger partial charge in [0.1, 0.15) is 11.0 Å². The summed E-state index contributed by atoms with van der Waals surface area (Å²) < 4.78 is 1.75. The number of fused-ring (bicyclic) bond motifs is 2. The van der Waals surface area contributed by atoms with Crippen LogP contribution in [-0.2, 0) is 9.59 Å². The van der Waals surface area contributed by atoms with Crippen molar-refractivity contribution in [1.82, 2.24) is 20.0 Å². The van der Waals surface area contributed by atoms with Crippen LogP contribution in [0.2, 0.25) is 5.02 Å². The molecule has 0 saturated heterocycles. The lowest BCUT2D eigenvalue weighted by Crippen LogP contribution is -2.45. The number of benzene rings is 1. The normalized spacial score (nSPS) is 11.8. The number of carbonyl (C=O) groups is 2. The highest BCUT2D eigenvalue weighted by atomic mass is 35.5. The predicted molar refractivity (Wildman–Crippen MR) is 130 cm³/mol. The zero-order chi connectivity index (χ0) is 22.9. The van der Waals surface area contributed by atoms with E-state index in [1.807, 2.05) is 43.8 Å². The number of rotatable bonds is 8. The third kappa shape index (κ3) is 4.40. The molecule has 0 radical (unpaired) electrons. The molecule has 168 valence electrons. The van der Waals surface area contributed by atoms with Crippen molar-refractivity contribution in [2.45, 2.75) is 41.5 Å². The molecule has 0 unspecified atom stereocenters. The fourth-order valence-electron chi connectivity index (χ4n) is 3.49. The lowest BCUT2D eigenvalue weighted by atomic mass is 10.3. The maximum absolute atomic E-state index is 12.3. The molecule has 11 heteroatoms. The predicted octanol–water partition coefficient (Wildman–Crippen LogP) is 4.78. The summed E-state index contributed by atoms with van der Waals surface area (Å²) in [6.07, 6.45) is 0. The van der Waals surface area contributed by atoms with Crippen LogP contribution in [0.4, 0.5) is 10.3 Å². The number of hydrazine groups is 2. The van der Waals surface area contributed by atoms with E-state index in [9.17, 15) is 9.59 Å². The molecule has 0 aliphatic heterocycles. The van der Waals surface area contributed by atoms with E-state index in [0.29, 0.717) is 52.5 Å². The quantitative estimate of drug-likeness (QED) is 0.430. The molecule has 0 aliphatic carbocycles. The molecule has 2 amide bonds. The van der Waals surface area contributed by atoms with E-state index in [-0.39, 0.29) is 11.8 Å². The van der Waals surface area contributed by atoms with Crippen molar-refractivity contribution >= 4 is 76.8 Å². The number of carbonyl (C=O) groups excluding carboxylic acids is 2. The van der Waals surface area contributed by atoms with E-state index in [0.717, 1.165) is 9.40 Å². The zero-order valence-corrected chi connectivity index (χ0v) is 21.0. The van der Waals surface area contributed by atoms with Crippen molar-refractivity contribution < 1.29 is 9.59 Å². The van der Waals surface area contributed by atoms with E-state index in [4.69, 9.17) is 11.6 Å². The summed E-state index contributed by atoms with van der Waals surface area (Å²) in [7, 11) is 0. The topological polar surface area (TPSA) is 72.9 Å². The highest BCUT2D eigenvalue weighted by molar-refractivity contribution is 7.24. The van der Waals surface area contributed by atoms with Crippen LogP contribution in [-0.4, -0.2) is 58.0 Å². The molecule has 0 atom stereocenters. The van der Waals surface area contributed by atoms with Gasteiger partial charge in [-0.15, -0.1) is 0 Å². The summed E-state index contributed by atoms with van der Waals surface area (Å²) in [5.41, 5.74) is 1.23. The summed E-state index contributed by atoms with van der Waals surface area (Å²) in [5.74, 6) is -0.199. The molecule has 3 aromatic rings. The van der Waals surface area contributed by atoms with Crippen LogP contribution in [0, 0.1) is 0 Å². The average molecular weight is 483 g/mol. The Hall–Kier alpha value is -1.85. The number of aromatic nitrogens is 2. The van der Waals surface area contributed by atoms with Crippen LogP contribution in [0.25, 0.3) is 20.4 Å². The van der Waals surface area contributed by atoms with Crippen molar-refractivity contribution in [2.24, 2.45) is 0 Å². The van der Waals surface area contributed by atoms with Crippen LogP contribution in [0.1, 0.15) is 41.5 Å². The second-order valence-electron chi connectivity index (χ2n) is 6.82. The molecular weight excluding hydrogens is 456 g/mol. The SMILES string of the molecule is CCN(CC)N(C(C)=O)c1nc2c(Cl)c3nc(N(C(C)=O)N(CC)CC)sc3cc2s1. The fraction of sp³-hybridized carbons (Fsp3) is 0.500.